The van der Waals surface area contributed by atoms with E-state index in [0.29, 0.717) is 13.0 Å². The van der Waals surface area contributed by atoms with Gasteiger partial charge in [-0.05, 0) is 41.4 Å². The number of nitrogens with zero attached hydrogens (tertiary/aromatic N) is 1. The molecule has 0 bridgehead atoms. The summed E-state index contributed by atoms with van der Waals surface area (Å²) in [6.45, 7) is 4.64. The predicted molar refractivity (Wildman–Crippen MR) is 72.9 cm³/mol. The first kappa shape index (κ1) is 14.0. The average Bonchev–Trinajstić information content (AvgIpc) is 2.29. The number of hydrogen-bond donors (Lipinski definition) is 2. The molecule has 0 radical (unpaired) electrons. The van der Waals surface area contributed by atoms with E-state index in [1.165, 1.54) is 0 Å². The lowest BCUT2D eigenvalue weighted by Crippen LogP contribution is -2.32. The third-order valence-electron chi connectivity index (χ3n) is 2.39. The zero-order chi connectivity index (χ0) is 12.7. The molecule has 0 saturated carbocycles. The Morgan fingerprint density at radius 2 is 2.29 bits per heavy atom. The number of anilines is 1. The molecular weight excluding hydrogens is 282 g/mol. The van der Waals surface area contributed by atoms with E-state index in [0.717, 1.165) is 16.8 Å². The molecule has 0 aliphatic carbocycles. The van der Waals surface area contributed by atoms with Crippen molar-refractivity contribution in [2.45, 2.75) is 32.7 Å². The summed E-state index contributed by atoms with van der Waals surface area (Å²) in [4.78, 5) is 15.7. The third-order valence-corrected chi connectivity index (χ3v) is 2.83. The van der Waals surface area contributed by atoms with Crippen LogP contribution in [-0.2, 0) is 4.79 Å². The van der Waals surface area contributed by atoms with Crippen molar-refractivity contribution in [1.29, 1.82) is 0 Å². The highest BCUT2D eigenvalue weighted by Crippen LogP contribution is 2.09. The number of aromatic nitrogens is 1. The van der Waals surface area contributed by atoms with Crippen LogP contribution < -0.4 is 10.6 Å². The summed E-state index contributed by atoms with van der Waals surface area (Å²) >= 11 is 3.29. The van der Waals surface area contributed by atoms with Crippen LogP contribution in [0, 0.1) is 0 Å². The molecule has 1 heterocycles. The molecule has 2 N–H and O–H groups in total. The van der Waals surface area contributed by atoms with Crippen LogP contribution in [0.3, 0.4) is 0 Å². The van der Waals surface area contributed by atoms with Gasteiger partial charge in [0.15, 0.2) is 0 Å². The van der Waals surface area contributed by atoms with Crippen LogP contribution in [0.5, 0.6) is 0 Å². The quantitative estimate of drug-likeness (QED) is 0.794. The molecule has 0 aromatic carbocycles. The summed E-state index contributed by atoms with van der Waals surface area (Å²) in [5, 5.41) is 6.02. The largest absolute Gasteiger partial charge is 0.370 e. The van der Waals surface area contributed by atoms with Gasteiger partial charge >= 0.3 is 0 Å². The van der Waals surface area contributed by atoms with Crippen LogP contribution in [-0.4, -0.2) is 23.5 Å². The monoisotopic (exact) mass is 299 g/mol. The van der Waals surface area contributed by atoms with E-state index in [2.05, 4.69) is 38.5 Å². The van der Waals surface area contributed by atoms with Crippen LogP contribution >= 0.6 is 15.9 Å². The van der Waals surface area contributed by atoms with Crippen molar-refractivity contribution in [2.24, 2.45) is 0 Å². The number of halogens is 1. The van der Waals surface area contributed by atoms with E-state index in [1.807, 2.05) is 25.1 Å². The van der Waals surface area contributed by atoms with Crippen LogP contribution in [0.15, 0.2) is 22.8 Å². The standard InChI is InChI=1S/C12H18BrN3O/c1-3-9(2)15-12(17)7-8-14-11-6-4-5-10(13)16-11/h4-6,9H,3,7-8H2,1-2H3,(H,14,16)(H,15,17). The number of carbonyl (C=O) groups is 1. The molecule has 1 aromatic rings. The zero-order valence-corrected chi connectivity index (χ0v) is 11.8. The van der Waals surface area contributed by atoms with Crippen LogP contribution in [0.1, 0.15) is 26.7 Å². The lowest BCUT2D eigenvalue weighted by Gasteiger charge is -2.11. The summed E-state index contributed by atoms with van der Waals surface area (Å²) in [5.41, 5.74) is 0. The summed E-state index contributed by atoms with van der Waals surface area (Å²) in [5.74, 6) is 0.845. The summed E-state index contributed by atoms with van der Waals surface area (Å²) in [6.07, 6.45) is 1.41. The summed E-state index contributed by atoms with van der Waals surface area (Å²) in [7, 11) is 0. The van der Waals surface area contributed by atoms with E-state index in [1.54, 1.807) is 0 Å². The van der Waals surface area contributed by atoms with Crippen LogP contribution in [0.25, 0.3) is 0 Å². The lowest BCUT2D eigenvalue weighted by molar-refractivity contribution is -0.121. The van der Waals surface area contributed by atoms with E-state index < -0.39 is 0 Å². The molecular formula is C12H18BrN3O. The Balaban J connectivity index is 2.26. The highest BCUT2D eigenvalue weighted by molar-refractivity contribution is 9.10. The molecule has 0 aliphatic rings. The van der Waals surface area contributed by atoms with Crippen molar-refractivity contribution in [3.05, 3.63) is 22.8 Å². The molecule has 17 heavy (non-hydrogen) atoms. The minimum Gasteiger partial charge on any atom is -0.370 e. The SMILES string of the molecule is CCC(C)NC(=O)CCNc1cccc(Br)n1. The fraction of sp³-hybridized carbons (Fsp3) is 0.500. The van der Waals surface area contributed by atoms with E-state index in [-0.39, 0.29) is 11.9 Å². The Morgan fingerprint density at radius 3 is 2.94 bits per heavy atom. The maximum Gasteiger partial charge on any atom is 0.221 e. The van der Waals surface area contributed by atoms with E-state index >= 15 is 0 Å². The smallest absolute Gasteiger partial charge is 0.221 e. The van der Waals surface area contributed by atoms with Crippen molar-refractivity contribution in [2.75, 3.05) is 11.9 Å². The Labute approximate surface area is 110 Å². The molecule has 1 aromatic heterocycles. The fourth-order valence-electron chi connectivity index (χ4n) is 1.26. The number of amides is 1. The Bertz CT molecular complexity index is 371. The first-order chi connectivity index (χ1) is 8.11. The summed E-state index contributed by atoms with van der Waals surface area (Å²) in [6, 6.07) is 5.88. The minimum absolute atomic E-state index is 0.0712. The van der Waals surface area contributed by atoms with Crippen molar-refractivity contribution < 1.29 is 4.79 Å². The Kier molecular flexibility index (Phi) is 5.97. The number of carbonyl (C=O) groups excluding carboxylic acids is 1. The number of rotatable bonds is 6. The van der Waals surface area contributed by atoms with Crippen molar-refractivity contribution in [1.82, 2.24) is 10.3 Å². The van der Waals surface area contributed by atoms with E-state index in [9.17, 15) is 4.79 Å². The normalized spacial score (nSPS) is 11.9. The Morgan fingerprint density at radius 1 is 1.53 bits per heavy atom. The molecule has 1 amide bonds. The number of pyridine rings is 1. The second-order valence-electron chi connectivity index (χ2n) is 3.90. The van der Waals surface area contributed by atoms with Gasteiger partial charge in [0.1, 0.15) is 10.4 Å². The minimum atomic E-state index is 0.0712. The molecule has 1 rings (SSSR count). The highest BCUT2D eigenvalue weighted by atomic mass is 79.9. The van der Waals surface area contributed by atoms with Gasteiger partial charge in [0.2, 0.25) is 5.91 Å². The maximum absolute atomic E-state index is 11.5. The predicted octanol–water partition coefficient (Wildman–Crippen LogP) is 2.56. The highest BCUT2D eigenvalue weighted by Gasteiger charge is 2.04. The topological polar surface area (TPSA) is 54.0 Å². The van der Waals surface area contributed by atoms with Crippen LogP contribution in [0.4, 0.5) is 5.82 Å². The maximum atomic E-state index is 11.5. The molecule has 0 fully saturated rings. The van der Waals surface area contributed by atoms with Gasteiger partial charge in [-0.1, -0.05) is 13.0 Å². The second kappa shape index (κ2) is 7.27. The van der Waals surface area contributed by atoms with Gasteiger partial charge in [0.25, 0.3) is 0 Å². The third kappa shape index (κ3) is 5.68. The van der Waals surface area contributed by atoms with Crippen molar-refractivity contribution >= 4 is 27.7 Å². The molecule has 1 atom stereocenters. The summed E-state index contributed by atoms with van der Waals surface area (Å²) < 4.78 is 0.784. The first-order valence-corrected chi connectivity index (χ1v) is 6.57. The second-order valence-corrected chi connectivity index (χ2v) is 4.71. The molecule has 4 nitrogen and oxygen atoms in total. The first-order valence-electron chi connectivity index (χ1n) is 5.77. The van der Waals surface area contributed by atoms with E-state index in [4.69, 9.17) is 0 Å². The molecule has 0 spiro atoms. The molecule has 94 valence electrons. The number of nitrogens with one attached hydrogen (secondary N) is 2. The van der Waals surface area contributed by atoms with Gasteiger partial charge in [-0.2, -0.15) is 0 Å². The van der Waals surface area contributed by atoms with Gasteiger partial charge in [-0.25, -0.2) is 4.98 Å². The van der Waals surface area contributed by atoms with Crippen LogP contribution in [0.2, 0.25) is 0 Å². The molecule has 0 saturated heterocycles. The Hall–Kier alpha value is -1.10. The zero-order valence-electron chi connectivity index (χ0n) is 10.2. The van der Waals surface area contributed by atoms with Gasteiger partial charge in [0.05, 0.1) is 0 Å². The molecule has 0 aliphatic heterocycles. The lowest BCUT2D eigenvalue weighted by atomic mass is 10.2. The fourth-order valence-corrected chi connectivity index (χ4v) is 1.60. The van der Waals surface area contributed by atoms with Gasteiger partial charge < -0.3 is 10.6 Å². The van der Waals surface area contributed by atoms with Gasteiger partial charge in [-0.3, -0.25) is 4.79 Å². The average molecular weight is 300 g/mol. The van der Waals surface area contributed by atoms with Gasteiger partial charge in [0, 0.05) is 19.0 Å². The molecule has 5 heteroatoms. The number of hydrogen-bond acceptors (Lipinski definition) is 3. The van der Waals surface area contributed by atoms with Gasteiger partial charge in [-0.15, -0.1) is 0 Å². The van der Waals surface area contributed by atoms with Crippen molar-refractivity contribution in [3.63, 3.8) is 0 Å². The van der Waals surface area contributed by atoms with Crippen molar-refractivity contribution in [3.8, 4) is 0 Å². The molecule has 1 unspecified atom stereocenters.